The lowest BCUT2D eigenvalue weighted by Gasteiger charge is -2.08. The second-order valence-electron chi connectivity index (χ2n) is 4.62. The van der Waals surface area contributed by atoms with Gasteiger partial charge in [0.15, 0.2) is 0 Å². The molecule has 0 fully saturated rings. The summed E-state index contributed by atoms with van der Waals surface area (Å²) in [6, 6.07) is 14.8. The highest BCUT2D eigenvalue weighted by atomic mass is 16.5. The monoisotopic (exact) mass is 267 g/mol. The first-order chi connectivity index (χ1) is 9.76. The molecular formula is C16H13NO3. The van der Waals surface area contributed by atoms with E-state index in [1.807, 2.05) is 24.3 Å². The van der Waals surface area contributed by atoms with E-state index < -0.39 is 6.10 Å². The predicted molar refractivity (Wildman–Crippen MR) is 72.4 cm³/mol. The van der Waals surface area contributed by atoms with Crippen LogP contribution < -0.4 is 9.47 Å². The molecule has 0 spiro atoms. The van der Waals surface area contributed by atoms with Crippen molar-refractivity contribution < 1.29 is 14.6 Å². The number of hydrogen-bond donors (Lipinski definition) is 1. The van der Waals surface area contributed by atoms with Gasteiger partial charge in [-0.15, -0.1) is 0 Å². The van der Waals surface area contributed by atoms with Gasteiger partial charge in [0.2, 0.25) is 0 Å². The summed E-state index contributed by atoms with van der Waals surface area (Å²) in [5.74, 6) is 1.37. The highest BCUT2D eigenvalue weighted by Crippen LogP contribution is 2.35. The Hall–Kier alpha value is -2.51. The molecule has 0 radical (unpaired) electrons. The van der Waals surface area contributed by atoms with Gasteiger partial charge in [0.25, 0.3) is 0 Å². The Morgan fingerprint density at radius 2 is 2.05 bits per heavy atom. The molecule has 0 saturated heterocycles. The first-order valence-corrected chi connectivity index (χ1v) is 6.33. The van der Waals surface area contributed by atoms with Crippen LogP contribution in [0.25, 0.3) is 0 Å². The normalized spacial score (nSPS) is 16.1. The van der Waals surface area contributed by atoms with Gasteiger partial charge >= 0.3 is 0 Å². The molecule has 1 unspecified atom stereocenters. The maximum Gasteiger partial charge on any atom is 0.129 e. The maximum absolute atomic E-state index is 9.64. The Bertz CT molecular complexity index is 658. The summed E-state index contributed by atoms with van der Waals surface area (Å²) in [4.78, 5) is 0. The molecule has 4 heteroatoms. The zero-order valence-electron chi connectivity index (χ0n) is 10.7. The van der Waals surface area contributed by atoms with E-state index in [4.69, 9.17) is 14.7 Å². The number of hydrogen-bond acceptors (Lipinski definition) is 4. The summed E-state index contributed by atoms with van der Waals surface area (Å²) < 4.78 is 11.0. The van der Waals surface area contributed by atoms with E-state index in [0.717, 1.165) is 11.1 Å². The predicted octanol–water partition coefficient (Wildman–Crippen LogP) is 2.56. The molecule has 0 amide bonds. The molecular weight excluding hydrogens is 254 g/mol. The number of aliphatic hydroxyl groups is 1. The van der Waals surface area contributed by atoms with Crippen molar-refractivity contribution in [2.45, 2.75) is 12.7 Å². The van der Waals surface area contributed by atoms with E-state index in [9.17, 15) is 5.11 Å². The Labute approximate surface area is 116 Å². The number of nitriles is 1. The second kappa shape index (κ2) is 5.24. The van der Waals surface area contributed by atoms with E-state index in [-0.39, 0.29) is 0 Å². The smallest absolute Gasteiger partial charge is 0.129 e. The topological polar surface area (TPSA) is 62.5 Å². The molecule has 0 saturated carbocycles. The minimum absolute atomic E-state index is 0.300. The van der Waals surface area contributed by atoms with Crippen LogP contribution in [-0.4, -0.2) is 11.7 Å². The van der Waals surface area contributed by atoms with Crippen LogP contribution in [0.4, 0.5) is 0 Å². The number of benzene rings is 2. The molecule has 100 valence electrons. The lowest BCUT2D eigenvalue weighted by Crippen LogP contribution is -1.97. The molecule has 1 heterocycles. The molecule has 1 N–H and O–H groups in total. The molecule has 20 heavy (non-hydrogen) atoms. The third-order valence-electron chi connectivity index (χ3n) is 3.23. The summed E-state index contributed by atoms with van der Waals surface area (Å²) >= 11 is 0. The highest BCUT2D eigenvalue weighted by molar-refractivity contribution is 5.44. The first kappa shape index (κ1) is 12.5. The Morgan fingerprint density at radius 3 is 2.80 bits per heavy atom. The number of nitrogens with zero attached hydrogens (tertiary/aromatic N) is 1. The van der Waals surface area contributed by atoms with Crippen LogP contribution in [0.5, 0.6) is 11.5 Å². The van der Waals surface area contributed by atoms with Gasteiger partial charge < -0.3 is 14.6 Å². The maximum atomic E-state index is 9.64. The minimum atomic E-state index is -0.544. The Balaban J connectivity index is 1.68. The number of rotatable bonds is 3. The Kier molecular flexibility index (Phi) is 3.28. The fourth-order valence-electron chi connectivity index (χ4n) is 2.11. The fourth-order valence-corrected chi connectivity index (χ4v) is 2.11. The largest absolute Gasteiger partial charge is 0.490 e. The molecule has 3 rings (SSSR count). The van der Waals surface area contributed by atoms with Gasteiger partial charge in [-0.2, -0.15) is 5.26 Å². The van der Waals surface area contributed by atoms with Crippen LogP contribution in [0.1, 0.15) is 22.8 Å². The number of ether oxygens (including phenoxy) is 2. The van der Waals surface area contributed by atoms with E-state index in [1.54, 1.807) is 18.2 Å². The number of aliphatic hydroxyl groups excluding tert-OH is 1. The summed E-state index contributed by atoms with van der Waals surface area (Å²) in [5, 5.41) is 18.4. The van der Waals surface area contributed by atoms with Gasteiger partial charge in [0, 0.05) is 11.6 Å². The van der Waals surface area contributed by atoms with E-state index in [2.05, 4.69) is 6.07 Å². The van der Waals surface area contributed by atoms with Crippen molar-refractivity contribution in [1.29, 1.82) is 5.26 Å². The average molecular weight is 267 g/mol. The molecule has 4 nitrogen and oxygen atoms in total. The zero-order chi connectivity index (χ0) is 13.9. The van der Waals surface area contributed by atoms with Crippen LogP contribution in [-0.2, 0) is 6.61 Å². The molecule has 0 aliphatic carbocycles. The molecule has 0 aromatic heterocycles. The van der Waals surface area contributed by atoms with E-state index in [0.29, 0.717) is 30.3 Å². The van der Waals surface area contributed by atoms with E-state index in [1.165, 1.54) is 0 Å². The molecule has 0 bridgehead atoms. The summed E-state index contributed by atoms with van der Waals surface area (Å²) in [6.45, 7) is 0.724. The van der Waals surface area contributed by atoms with Crippen molar-refractivity contribution in [2.24, 2.45) is 0 Å². The minimum Gasteiger partial charge on any atom is -0.490 e. The summed E-state index contributed by atoms with van der Waals surface area (Å²) in [7, 11) is 0. The van der Waals surface area contributed by atoms with Crippen LogP contribution in [0, 0.1) is 11.3 Å². The van der Waals surface area contributed by atoms with Crippen molar-refractivity contribution in [2.75, 3.05) is 6.61 Å². The summed E-state index contributed by atoms with van der Waals surface area (Å²) in [6.07, 6.45) is -0.544. The fraction of sp³-hybridized carbons (Fsp3) is 0.188. The summed E-state index contributed by atoms with van der Waals surface area (Å²) in [5.41, 5.74) is 2.43. The van der Waals surface area contributed by atoms with Crippen molar-refractivity contribution >= 4 is 0 Å². The lowest BCUT2D eigenvalue weighted by atomic mass is 10.1. The van der Waals surface area contributed by atoms with Crippen LogP contribution in [0.3, 0.4) is 0 Å². The van der Waals surface area contributed by atoms with Crippen molar-refractivity contribution in [3.63, 3.8) is 0 Å². The Morgan fingerprint density at radius 1 is 1.25 bits per heavy atom. The van der Waals surface area contributed by atoms with Gasteiger partial charge in [-0.25, -0.2) is 0 Å². The van der Waals surface area contributed by atoms with Gasteiger partial charge in [-0.1, -0.05) is 12.1 Å². The van der Waals surface area contributed by atoms with Gasteiger partial charge in [-0.3, -0.25) is 0 Å². The lowest BCUT2D eigenvalue weighted by molar-refractivity contribution is 0.140. The van der Waals surface area contributed by atoms with E-state index >= 15 is 0 Å². The third kappa shape index (κ3) is 2.44. The van der Waals surface area contributed by atoms with Gasteiger partial charge in [0.1, 0.15) is 30.8 Å². The standard InChI is InChI=1S/C16H13NO3/c17-8-11-1-3-12(4-2-11)9-19-13-5-6-14-15(18)10-20-16(14)7-13/h1-7,15,18H,9-10H2. The first-order valence-electron chi connectivity index (χ1n) is 6.33. The molecule has 1 aliphatic rings. The third-order valence-corrected chi connectivity index (χ3v) is 3.23. The molecule has 2 aromatic carbocycles. The molecule has 2 aromatic rings. The van der Waals surface area contributed by atoms with Crippen LogP contribution in [0.2, 0.25) is 0 Å². The highest BCUT2D eigenvalue weighted by Gasteiger charge is 2.21. The number of fused-ring (bicyclic) bond motifs is 1. The van der Waals surface area contributed by atoms with Crippen molar-refractivity contribution in [3.8, 4) is 17.6 Å². The van der Waals surface area contributed by atoms with Crippen LogP contribution in [0.15, 0.2) is 42.5 Å². The second-order valence-corrected chi connectivity index (χ2v) is 4.62. The SMILES string of the molecule is N#Cc1ccc(COc2ccc3c(c2)OCC3O)cc1. The van der Waals surface area contributed by atoms with Crippen LogP contribution >= 0.6 is 0 Å². The quantitative estimate of drug-likeness (QED) is 0.928. The van der Waals surface area contributed by atoms with Gasteiger partial charge in [-0.05, 0) is 29.8 Å². The van der Waals surface area contributed by atoms with Crippen molar-refractivity contribution in [3.05, 3.63) is 59.2 Å². The average Bonchev–Trinajstić information content (AvgIpc) is 2.87. The van der Waals surface area contributed by atoms with Crippen molar-refractivity contribution in [1.82, 2.24) is 0 Å². The molecule has 1 aliphatic heterocycles. The van der Waals surface area contributed by atoms with Gasteiger partial charge in [0.05, 0.1) is 11.6 Å². The molecule has 1 atom stereocenters. The zero-order valence-corrected chi connectivity index (χ0v) is 10.7.